The number of nitrogen functional groups attached to an aromatic ring is 1. The first-order valence-corrected chi connectivity index (χ1v) is 10.3. The average molecular weight is 392 g/mol. The summed E-state index contributed by atoms with van der Waals surface area (Å²) in [4.78, 5) is 21.1. The van der Waals surface area contributed by atoms with E-state index in [1.54, 1.807) is 6.20 Å². The lowest BCUT2D eigenvalue weighted by molar-refractivity contribution is -0.156. The summed E-state index contributed by atoms with van der Waals surface area (Å²) in [7, 11) is 0. The molecule has 2 heterocycles. The van der Waals surface area contributed by atoms with Crippen LogP contribution >= 0.6 is 0 Å². The fourth-order valence-electron chi connectivity index (χ4n) is 3.94. The first-order valence-electron chi connectivity index (χ1n) is 10.3. The van der Waals surface area contributed by atoms with E-state index in [-0.39, 0.29) is 12.0 Å². The number of hydrogen-bond donors (Lipinski definition) is 3. The molecule has 1 aromatic rings. The number of nitrogens with two attached hydrogens (primary N) is 1. The zero-order valence-electron chi connectivity index (χ0n) is 17.2. The number of nitrogens with one attached hydrogen (secondary N) is 2. The van der Waals surface area contributed by atoms with E-state index in [2.05, 4.69) is 27.5 Å². The summed E-state index contributed by atoms with van der Waals surface area (Å²) in [6, 6.07) is 0.528. The number of ether oxygens (including phenoxy) is 2. The van der Waals surface area contributed by atoms with Crippen LogP contribution < -0.4 is 16.4 Å². The highest BCUT2D eigenvalue weighted by molar-refractivity contribution is 5.76. The standard InChI is InChI=1S/C20H33N5O3/c1-4-28-18(26)20(3)8-5-14(6-9-20)23-17-15(21)11-22-19(25-17)24-16-7-10-27-12-13(16)2/h11,13-14,16H,4-10,12,21H2,1-3H3,(H2,22,23,24,25)/t13-,14?,16-,20?/m1/s1. The fourth-order valence-corrected chi connectivity index (χ4v) is 3.94. The van der Waals surface area contributed by atoms with Crippen LogP contribution in [-0.4, -0.2) is 47.8 Å². The Hall–Kier alpha value is -2.09. The van der Waals surface area contributed by atoms with Gasteiger partial charge in [-0.1, -0.05) is 6.92 Å². The molecule has 0 aromatic carbocycles. The van der Waals surface area contributed by atoms with Crippen LogP contribution in [0.25, 0.3) is 0 Å². The molecule has 0 spiro atoms. The van der Waals surface area contributed by atoms with Crippen molar-refractivity contribution >= 4 is 23.4 Å². The maximum absolute atomic E-state index is 12.2. The van der Waals surface area contributed by atoms with Gasteiger partial charge in [0.1, 0.15) is 0 Å². The first kappa shape index (κ1) is 20.6. The molecule has 8 heteroatoms. The van der Waals surface area contributed by atoms with Gasteiger partial charge < -0.3 is 25.8 Å². The molecular formula is C20H33N5O3. The van der Waals surface area contributed by atoms with Crippen molar-refractivity contribution < 1.29 is 14.3 Å². The van der Waals surface area contributed by atoms with Crippen molar-refractivity contribution in [1.29, 1.82) is 0 Å². The van der Waals surface area contributed by atoms with Crippen molar-refractivity contribution in [3.8, 4) is 0 Å². The summed E-state index contributed by atoms with van der Waals surface area (Å²) in [5, 5.41) is 6.87. The molecule has 156 valence electrons. The maximum atomic E-state index is 12.2. The Bertz CT molecular complexity index is 676. The highest BCUT2D eigenvalue weighted by Gasteiger charge is 2.39. The van der Waals surface area contributed by atoms with Crippen molar-refractivity contribution in [2.24, 2.45) is 11.3 Å². The number of carbonyl (C=O) groups is 1. The predicted molar refractivity (Wildman–Crippen MR) is 109 cm³/mol. The minimum atomic E-state index is -0.392. The molecule has 1 aliphatic heterocycles. The predicted octanol–water partition coefficient (Wildman–Crippen LogP) is 2.82. The lowest BCUT2D eigenvalue weighted by Crippen LogP contribution is -2.38. The monoisotopic (exact) mass is 391 g/mol. The van der Waals surface area contributed by atoms with Gasteiger partial charge in [0.25, 0.3) is 0 Å². The van der Waals surface area contributed by atoms with E-state index in [9.17, 15) is 4.79 Å². The van der Waals surface area contributed by atoms with Crippen LogP contribution in [0, 0.1) is 11.3 Å². The molecule has 1 aliphatic carbocycles. The fraction of sp³-hybridized carbons (Fsp3) is 0.750. The van der Waals surface area contributed by atoms with Gasteiger partial charge in [-0.15, -0.1) is 0 Å². The van der Waals surface area contributed by atoms with E-state index in [4.69, 9.17) is 15.2 Å². The Morgan fingerprint density at radius 3 is 2.79 bits per heavy atom. The molecule has 1 aromatic heterocycles. The molecule has 3 rings (SSSR count). The Labute approximate surface area is 167 Å². The normalized spacial score (nSPS) is 30.5. The van der Waals surface area contributed by atoms with Crippen molar-refractivity contribution in [3.63, 3.8) is 0 Å². The van der Waals surface area contributed by atoms with E-state index in [0.717, 1.165) is 45.3 Å². The minimum absolute atomic E-state index is 0.0907. The molecule has 0 amide bonds. The summed E-state index contributed by atoms with van der Waals surface area (Å²) in [5.74, 6) is 1.56. The zero-order chi connectivity index (χ0) is 20.1. The third-order valence-corrected chi connectivity index (χ3v) is 5.97. The molecule has 0 unspecified atom stereocenters. The number of aromatic nitrogens is 2. The Kier molecular flexibility index (Phi) is 6.59. The smallest absolute Gasteiger partial charge is 0.311 e. The molecule has 0 radical (unpaired) electrons. The van der Waals surface area contributed by atoms with Gasteiger partial charge in [0.05, 0.1) is 30.5 Å². The van der Waals surface area contributed by atoms with Gasteiger partial charge in [-0.05, 0) is 51.9 Å². The van der Waals surface area contributed by atoms with Gasteiger partial charge in [-0.3, -0.25) is 4.79 Å². The average Bonchev–Trinajstić information content (AvgIpc) is 2.68. The SMILES string of the molecule is CCOC(=O)C1(C)CCC(Nc2nc(N[C@@H]3CCOC[C@H]3C)ncc2N)CC1. The van der Waals surface area contributed by atoms with E-state index in [1.165, 1.54) is 0 Å². The van der Waals surface area contributed by atoms with Crippen LogP contribution in [0.1, 0.15) is 52.9 Å². The van der Waals surface area contributed by atoms with E-state index >= 15 is 0 Å². The molecule has 8 nitrogen and oxygen atoms in total. The Morgan fingerprint density at radius 1 is 1.36 bits per heavy atom. The van der Waals surface area contributed by atoms with Crippen LogP contribution in [0.5, 0.6) is 0 Å². The third kappa shape index (κ3) is 4.84. The molecule has 4 N–H and O–H groups in total. The van der Waals surface area contributed by atoms with Crippen molar-refractivity contribution in [3.05, 3.63) is 6.20 Å². The van der Waals surface area contributed by atoms with Gasteiger partial charge in [0.2, 0.25) is 5.95 Å². The van der Waals surface area contributed by atoms with Gasteiger partial charge >= 0.3 is 5.97 Å². The number of rotatable bonds is 6. The summed E-state index contributed by atoms with van der Waals surface area (Å²) >= 11 is 0. The number of nitrogens with zero attached hydrogens (tertiary/aromatic N) is 2. The van der Waals surface area contributed by atoms with Crippen LogP contribution in [-0.2, 0) is 14.3 Å². The molecule has 1 saturated heterocycles. The Balaban J connectivity index is 1.59. The van der Waals surface area contributed by atoms with Crippen LogP contribution in [0.2, 0.25) is 0 Å². The van der Waals surface area contributed by atoms with Crippen molar-refractivity contribution in [1.82, 2.24) is 9.97 Å². The lowest BCUT2D eigenvalue weighted by Gasteiger charge is -2.35. The van der Waals surface area contributed by atoms with Gasteiger partial charge in [0, 0.05) is 18.7 Å². The summed E-state index contributed by atoms with van der Waals surface area (Å²) < 4.78 is 10.7. The quantitative estimate of drug-likeness (QED) is 0.635. The molecule has 28 heavy (non-hydrogen) atoms. The third-order valence-electron chi connectivity index (χ3n) is 5.97. The van der Waals surface area contributed by atoms with Crippen molar-refractivity contribution in [2.75, 3.05) is 36.2 Å². The van der Waals surface area contributed by atoms with Gasteiger partial charge in [-0.25, -0.2) is 4.98 Å². The largest absolute Gasteiger partial charge is 0.466 e. The molecule has 0 bridgehead atoms. The first-order chi connectivity index (χ1) is 13.4. The lowest BCUT2D eigenvalue weighted by atomic mass is 9.74. The van der Waals surface area contributed by atoms with Crippen LogP contribution in [0.4, 0.5) is 17.5 Å². The second-order valence-electron chi connectivity index (χ2n) is 8.29. The molecule has 2 aliphatic rings. The minimum Gasteiger partial charge on any atom is -0.466 e. The molecule has 1 saturated carbocycles. The topological polar surface area (TPSA) is 111 Å². The highest BCUT2D eigenvalue weighted by Crippen LogP contribution is 2.38. The number of anilines is 3. The second-order valence-corrected chi connectivity index (χ2v) is 8.29. The highest BCUT2D eigenvalue weighted by atomic mass is 16.5. The second kappa shape index (κ2) is 8.94. The molecule has 2 fully saturated rings. The number of esters is 1. The number of hydrogen-bond acceptors (Lipinski definition) is 8. The van der Waals surface area contributed by atoms with E-state index in [0.29, 0.717) is 36.0 Å². The van der Waals surface area contributed by atoms with Crippen molar-refractivity contribution in [2.45, 2.75) is 65.0 Å². The summed E-state index contributed by atoms with van der Waals surface area (Å²) in [6.45, 7) is 7.93. The molecule has 2 atom stereocenters. The van der Waals surface area contributed by atoms with Crippen LogP contribution in [0.15, 0.2) is 6.20 Å². The summed E-state index contributed by atoms with van der Waals surface area (Å²) in [6.07, 6.45) is 5.91. The zero-order valence-corrected chi connectivity index (χ0v) is 17.2. The maximum Gasteiger partial charge on any atom is 0.311 e. The van der Waals surface area contributed by atoms with Gasteiger partial charge in [0.15, 0.2) is 5.82 Å². The Morgan fingerprint density at radius 2 is 2.11 bits per heavy atom. The van der Waals surface area contributed by atoms with E-state index in [1.807, 2.05) is 13.8 Å². The number of carbonyl (C=O) groups excluding carboxylic acids is 1. The molecular weight excluding hydrogens is 358 g/mol. The van der Waals surface area contributed by atoms with E-state index < -0.39 is 5.41 Å². The van der Waals surface area contributed by atoms with Crippen LogP contribution in [0.3, 0.4) is 0 Å². The summed E-state index contributed by atoms with van der Waals surface area (Å²) in [5.41, 5.74) is 6.24. The van der Waals surface area contributed by atoms with Gasteiger partial charge in [-0.2, -0.15) is 4.98 Å².